The van der Waals surface area contributed by atoms with Crippen molar-refractivity contribution in [1.29, 1.82) is 0 Å². The fraction of sp³-hybridized carbons (Fsp3) is 1.00. The second kappa shape index (κ2) is 6.35. The summed E-state index contributed by atoms with van der Waals surface area (Å²) in [6.07, 6.45) is 3.27. The Hall–Kier alpha value is -0.160. The van der Waals surface area contributed by atoms with Gasteiger partial charge in [0.15, 0.2) is 0 Å². The van der Waals surface area contributed by atoms with Crippen molar-refractivity contribution >= 4 is 0 Å². The van der Waals surface area contributed by atoms with Crippen LogP contribution in [0, 0.1) is 0 Å². The van der Waals surface area contributed by atoms with Crippen molar-refractivity contribution in [2.24, 2.45) is 5.73 Å². The molecule has 4 heteroatoms. The van der Waals surface area contributed by atoms with Crippen molar-refractivity contribution in [3.8, 4) is 0 Å². The van der Waals surface area contributed by atoms with Crippen molar-refractivity contribution in [1.82, 2.24) is 5.32 Å². The monoisotopic (exact) mass is 202 g/mol. The van der Waals surface area contributed by atoms with Crippen molar-refractivity contribution in [3.63, 3.8) is 0 Å². The van der Waals surface area contributed by atoms with Gasteiger partial charge in [-0.25, -0.2) is 0 Å². The first-order valence-electron chi connectivity index (χ1n) is 5.46. The van der Waals surface area contributed by atoms with Gasteiger partial charge in [0.1, 0.15) is 0 Å². The van der Waals surface area contributed by atoms with Crippen LogP contribution in [0.3, 0.4) is 0 Å². The number of aliphatic hydroxyl groups is 1. The summed E-state index contributed by atoms with van der Waals surface area (Å²) in [4.78, 5) is 0. The zero-order valence-corrected chi connectivity index (χ0v) is 8.91. The van der Waals surface area contributed by atoms with Crippen LogP contribution in [0.15, 0.2) is 0 Å². The summed E-state index contributed by atoms with van der Waals surface area (Å²) in [5, 5.41) is 12.2. The van der Waals surface area contributed by atoms with Gasteiger partial charge in [-0.15, -0.1) is 0 Å². The Labute approximate surface area is 85.8 Å². The molecule has 0 aromatic carbocycles. The SMILES string of the molecule is CC(CCO)NC(CN)C1CCCO1. The molecule has 4 nitrogen and oxygen atoms in total. The minimum atomic E-state index is 0.219. The molecule has 1 aliphatic rings. The van der Waals surface area contributed by atoms with E-state index in [2.05, 4.69) is 12.2 Å². The van der Waals surface area contributed by atoms with Gasteiger partial charge in [0.05, 0.1) is 6.10 Å². The molecule has 3 unspecified atom stereocenters. The van der Waals surface area contributed by atoms with Crippen molar-refractivity contribution < 1.29 is 9.84 Å². The van der Waals surface area contributed by atoms with Crippen LogP contribution in [0.4, 0.5) is 0 Å². The lowest BCUT2D eigenvalue weighted by Crippen LogP contribution is -2.48. The average Bonchev–Trinajstić information content (AvgIpc) is 2.67. The van der Waals surface area contributed by atoms with Gasteiger partial charge in [-0.1, -0.05) is 0 Å². The maximum absolute atomic E-state index is 8.79. The van der Waals surface area contributed by atoms with E-state index in [0.29, 0.717) is 12.6 Å². The molecule has 0 aromatic rings. The van der Waals surface area contributed by atoms with E-state index in [4.69, 9.17) is 15.6 Å². The zero-order chi connectivity index (χ0) is 10.4. The van der Waals surface area contributed by atoms with Gasteiger partial charge >= 0.3 is 0 Å². The number of nitrogens with one attached hydrogen (secondary N) is 1. The molecule has 0 bridgehead atoms. The zero-order valence-electron chi connectivity index (χ0n) is 8.91. The first-order chi connectivity index (χ1) is 6.77. The highest BCUT2D eigenvalue weighted by atomic mass is 16.5. The topological polar surface area (TPSA) is 67.5 Å². The van der Waals surface area contributed by atoms with E-state index in [9.17, 15) is 0 Å². The number of hydrogen-bond acceptors (Lipinski definition) is 4. The molecular weight excluding hydrogens is 180 g/mol. The summed E-state index contributed by atoms with van der Waals surface area (Å²) in [6.45, 7) is 3.74. The van der Waals surface area contributed by atoms with Crippen LogP contribution in [0.5, 0.6) is 0 Å². The summed E-state index contributed by atoms with van der Waals surface area (Å²) in [5.41, 5.74) is 5.69. The summed E-state index contributed by atoms with van der Waals surface area (Å²) in [5.74, 6) is 0. The maximum atomic E-state index is 8.79. The highest BCUT2D eigenvalue weighted by Gasteiger charge is 2.25. The minimum absolute atomic E-state index is 0.219. The molecule has 3 atom stereocenters. The summed E-state index contributed by atoms with van der Waals surface area (Å²) in [7, 11) is 0. The van der Waals surface area contributed by atoms with Gasteiger partial charge in [0, 0.05) is 31.8 Å². The molecule has 0 aliphatic carbocycles. The molecule has 1 fully saturated rings. The third-order valence-electron chi connectivity index (χ3n) is 2.73. The Kier molecular flexibility index (Phi) is 5.40. The third kappa shape index (κ3) is 3.53. The minimum Gasteiger partial charge on any atom is -0.396 e. The molecule has 1 aliphatic heterocycles. The summed E-state index contributed by atoms with van der Waals surface area (Å²) < 4.78 is 5.58. The van der Waals surface area contributed by atoms with E-state index < -0.39 is 0 Å². The lowest BCUT2D eigenvalue weighted by atomic mass is 10.1. The Morgan fingerprint density at radius 1 is 1.64 bits per heavy atom. The largest absolute Gasteiger partial charge is 0.396 e. The number of aliphatic hydroxyl groups excluding tert-OH is 1. The van der Waals surface area contributed by atoms with Crippen LogP contribution in [-0.2, 0) is 4.74 Å². The molecule has 0 spiro atoms. The van der Waals surface area contributed by atoms with Crippen LogP contribution in [0.2, 0.25) is 0 Å². The van der Waals surface area contributed by atoms with Gasteiger partial charge < -0.3 is 20.9 Å². The van der Waals surface area contributed by atoms with E-state index in [1.807, 2.05) is 0 Å². The molecular formula is C10H22N2O2. The molecule has 4 N–H and O–H groups in total. The van der Waals surface area contributed by atoms with Crippen molar-refractivity contribution in [3.05, 3.63) is 0 Å². The van der Waals surface area contributed by atoms with Gasteiger partial charge in [-0.3, -0.25) is 0 Å². The van der Waals surface area contributed by atoms with Crippen LogP contribution >= 0.6 is 0 Å². The lowest BCUT2D eigenvalue weighted by Gasteiger charge is -2.26. The number of hydrogen-bond donors (Lipinski definition) is 3. The van der Waals surface area contributed by atoms with Crippen LogP contribution in [-0.4, -0.2) is 43.1 Å². The fourth-order valence-corrected chi connectivity index (χ4v) is 1.89. The predicted molar refractivity (Wildman–Crippen MR) is 56.1 cm³/mol. The van der Waals surface area contributed by atoms with Crippen LogP contribution < -0.4 is 11.1 Å². The summed E-state index contributed by atoms with van der Waals surface area (Å²) >= 11 is 0. The van der Waals surface area contributed by atoms with Crippen molar-refractivity contribution in [2.75, 3.05) is 19.8 Å². The number of nitrogens with two attached hydrogens (primary N) is 1. The Morgan fingerprint density at radius 3 is 2.93 bits per heavy atom. The van der Waals surface area contributed by atoms with Gasteiger partial charge in [0.25, 0.3) is 0 Å². The first kappa shape index (κ1) is 11.9. The number of rotatable bonds is 6. The third-order valence-corrected chi connectivity index (χ3v) is 2.73. The predicted octanol–water partition coefficient (Wildman–Crippen LogP) is -0.147. The maximum Gasteiger partial charge on any atom is 0.0741 e. The Bertz CT molecular complexity index is 149. The van der Waals surface area contributed by atoms with E-state index in [0.717, 1.165) is 25.9 Å². The lowest BCUT2D eigenvalue weighted by molar-refractivity contribution is 0.0759. The highest BCUT2D eigenvalue weighted by molar-refractivity contribution is 4.83. The van der Waals surface area contributed by atoms with Crippen LogP contribution in [0.25, 0.3) is 0 Å². The van der Waals surface area contributed by atoms with Crippen molar-refractivity contribution in [2.45, 2.75) is 44.4 Å². The molecule has 1 rings (SSSR count). The molecule has 14 heavy (non-hydrogen) atoms. The average molecular weight is 202 g/mol. The fourth-order valence-electron chi connectivity index (χ4n) is 1.89. The first-order valence-corrected chi connectivity index (χ1v) is 5.46. The molecule has 0 saturated carbocycles. The van der Waals surface area contributed by atoms with Gasteiger partial charge in [0.2, 0.25) is 0 Å². The standard InChI is InChI=1S/C10H22N2O2/c1-8(4-5-13)12-9(7-11)10-3-2-6-14-10/h8-10,12-13H,2-7,11H2,1H3. The molecule has 0 radical (unpaired) electrons. The molecule has 84 valence electrons. The second-order valence-corrected chi connectivity index (χ2v) is 3.97. The van der Waals surface area contributed by atoms with E-state index in [1.165, 1.54) is 0 Å². The molecule has 0 aromatic heterocycles. The highest BCUT2D eigenvalue weighted by Crippen LogP contribution is 2.15. The Balaban J connectivity index is 2.29. The quantitative estimate of drug-likeness (QED) is 0.560. The van der Waals surface area contributed by atoms with E-state index in [-0.39, 0.29) is 18.8 Å². The molecule has 1 heterocycles. The van der Waals surface area contributed by atoms with Gasteiger partial charge in [-0.05, 0) is 26.2 Å². The Morgan fingerprint density at radius 2 is 2.43 bits per heavy atom. The van der Waals surface area contributed by atoms with E-state index >= 15 is 0 Å². The van der Waals surface area contributed by atoms with E-state index in [1.54, 1.807) is 0 Å². The van der Waals surface area contributed by atoms with Gasteiger partial charge in [-0.2, -0.15) is 0 Å². The molecule has 0 amide bonds. The normalized spacial score (nSPS) is 26.4. The van der Waals surface area contributed by atoms with Crippen LogP contribution in [0.1, 0.15) is 26.2 Å². The molecule has 1 saturated heterocycles. The second-order valence-electron chi connectivity index (χ2n) is 3.97. The summed E-state index contributed by atoms with van der Waals surface area (Å²) in [6, 6.07) is 0.539. The number of ether oxygens (including phenoxy) is 1. The smallest absolute Gasteiger partial charge is 0.0741 e.